The maximum Gasteiger partial charge on any atom is 0.416 e. The van der Waals surface area contributed by atoms with Gasteiger partial charge in [-0.15, -0.1) is 0 Å². The van der Waals surface area contributed by atoms with E-state index in [2.05, 4.69) is 16.1 Å². The number of likely N-dealkylation sites (N-methyl/N-ethyl adjacent to an activating group) is 1. The van der Waals surface area contributed by atoms with Gasteiger partial charge < -0.3 is 26.5 Å². The van der Waals surface area contributed by atoms with Crippen molar-refractivity contribution in [3.63, 3.8) is 0 Å². The molecule has 11 heteroatoms. The lowest BCUT2D eigenvalue weighted by Crippen LogP contribution is -2.63. The molecular formula is C33H38F3N5O3. The Bertz CT molecular complexity index is 1480. The van der Waals surface area contributed by atoms with Gasteiger partial charge in [0.25, 0.3) is 5.91 Å². The molecule has 2 amide bonds. The van der Waals surface area contributed by atoms with E-state index in [4.69, 9.17) is 5.73 Å². The minimum Gasteiger partial charge on any atom is -0.391 e. The van der Waals surface area contributed by atoms with Crippen LogP contribution in [0, 0.1) is 5.92 Å². The van der Waals surface area contributed by atoms with E-state index in [9.17, 15) is 27.9 Å². The minimum atomic E-state index is -4.47. The highest BCUT2D eigenvalue weighted by atomic mass is 19.4. The fourth-order valence-electron chi connectivity index (χ4n) is 5.52. The Morgan fingerprint density at radius 1 is 1.00 bits per heavy atom. The zero-order valence-corrected chi connectivity index (χ0v) is 24.7. The summed E-state index contributed by atoms with van der Waals surface area (Å²) in [6.45, 7) is 4.10. The molecule has 0 saturated carbocycles. The maximum absolute atomic E-state index is 13.6. The Hall–Kier alpha value is -4.19. The molecule has 0 aliphatic carbocycles. The van der Waals surface area contributed by atoms with Gasteiger partial charge in [0.05, 0.1) is 11.7 Å². The third-order valence-corrected chi connectivity index (χ3v) is 7.86. The van der Waals surface area contributed by atoms with Gasteiger partial charge in [0, 0.05) is 31.2 Å². The van der Waals surface area contributed by atoms with Gasteiger partial charge in [-0.1, -0.05) is 73.7 Å². The Morgan fingerprint density at radius 3 is 2.34 bits per heavy atom. The van der Waals surface area contributed by atoms with E-state index in [0.29, 0.717) is 24.2 Å². The summed E-state index contributed by atoms with van der Waals surface area (Å²) in [5.41, 5.74) is 9.73. The van der Waals surface area contributed by atoms with Crippen LogP contribution in [0.25, 0.3) is 0 Å². The van der Waals surface area contributed by atoms with E-state index in [-0.39, 0.29) is 25.2 Å². The van der Waals surface area contributed by atoms with Crippen LogP contribution in [0.4, 0.5) is 18.9 Å². The molecule has 0 bridgehead atoms. The average molecular weight is 610 g/mol. The number of carbonyl (C=O) groups excluding carboxylic acids is 2. The van der Waals surface area contributed by atoms with E-state index >= 15 is 0 Å². The molecule has 6 N–H and O–H groups in total. The Kier molecular flexibility index (Phi) is 10.5. The molecule has 1 heterocycles. The lowest BCUT2D eigenvalue weighted by Gasteiger charge is -2.38. The largest absolute Gasteiger partial charge is 0.416 e. The molecule has 0 aromatic heterocycles. The zero-order chi connectivity index (χ0) is 31.9. The van der Waals surface area contributed by atoms with Crippen LogP contribution in [0.15, 0.2) is 90.6 Å². The smallest absolute Gasteiger partial charge is 0.391 e. The molecule has 3 aromatic rings. The molecule has 0 fully saturated rings. The number of benzene rings is 3. The lowest BCUT2D eigenvalue weighted by molar-refractivity contribution is -0.137. The van der Waals surface area contributed by atoms with Crippen molar-refractivity contribution in [3.8, 4) is 0 Å². The number of hydrazine groups is 1. The Labute approximate surface area is 255 Å². The third kappa shape index (κ3) is 7.47. The summed E-state index contributed by atoms with van der Waals surface area (Å²) in [5.74, 6) is -2.09. The summed E-state index contributed by atoms with van der Waals surface area (Å²) in [6, 6.07) is 21.6. The van der Waals surface area contributed by atoms with Gasteiger partial charge in [0.2, 0.25) is 5.91 Å². The number of amides is 2. The Balaban J connectivity index is 1.63. The number of nitrogens with zero attached hydrogens (tertiary/aromatic N) is 1. The predicted octanol–water partition coefficient (Wildman–Crippen LogP) is 4.16. The second kappa shape index (κ2) is 14.1. The quantitative estimate of drug-likeness (QED) is 0.199. The number of aryl methyl sites for hydroxylation is 1. The molecule has 0 saturated heterocycles. The van der Waals surface area contributed by atoms with E-state index in [1.54, 1.807) is 12.1 Å². The number of aliphatic hydroxyl groups is 1. The highest BCUT2D eigenvalue weighted by Gasteiger charge is 2.51. The summed E-state index contributed by atoms with van der Waals surface area (Å²) >= 11 is 0. The first kappa shape index (κ1) is 32.7. The Morgan fingerprint density at radius 2 is 1.68 bits per heavy atom. The van der Waals surface area contributed by atoms with E-state index in [1.807, 2.05) is 62.4 Å². The van der Waals surface area contributed by atoms with E-state index in [1.165, 1.54) is 17.2 Å². The van der Waals surface area contributed by atoms with Crippen molar-refractivity contribution >= 4 is 17.5 Å². The number of hydrogen-bond donors (Lipinski definition) is 5. The predicted molar refractivity (Wildman–Crippen MR) is 163 cm³/mol. The number of nitrogens with two attached hydrogens (primary N) is 1. The van der Waals surface area contributed by atoms with Crippen LogP contribution in [0.1, 0.15) is 36.1 Å². The number of hydrogen-bond acceptors (Lipinski definition) is 6. The van der Waals surface area contributed by atoms with Crippen LogP contribution in [0.3, 0.4) is 0 Å². The molecule has 0 radical (unpaired) electrons. The lowest BCUT2D eigenvalue weighted by atomic mass is 9.76. The third-order valence-electron chi connectivity index (χ3n) is 7.86. The summed E-state index contributed by atoms with van der Waals surface area (Å²) < 4.78 is 39.5. The number of para-hydroxylation sites is 1. The second-order valence-corrected chi connectivity index (χ2v) is 10.8. The number of anilines is 1. The molecule has 234 valence electrons. The molecule has 1 aliphatic rings. The molecule has 44 heavy (non-hydrogen) atoms. The fraction of sp³-hybridized carbons (Fsp3) is 0.333. The summed E-state index contributed by atoms with van der Waals surface area (Å²) in [5, 5.41) is 19.0. The first-order valence-corrected chi connectivity index (χ1v) is 14.5. The molecule has 3 aromatic carbocycles. The van der Waals surface area contributed by atoms with Gasteiger partial charge in [-0.2, -0.15) is 13.2 Å². The van der Waals surface area contributed by atoms with Crippen molar-refractivity contribution in [2.24, 2.45) is 11.7 Å². The minimum absolute atomic E-state index is 0.0530. The van der Waals surface area contributed by atoms with Crippen molar-refractivity contribution in [2.75, 3.05) is 18.4 Å². The van der Waals surface area contributed by atoms with Crippen molar-refractivity contribution in [3.05, 3.63) is 113 Å². The van der Waals surface area contributed by atoms with Crippen LogP contribution < -0.4 is 21.8 Å². The van der Waals surface area contributed by atoms with Crippen molar-refractivity contribution < 1.29 is 27.9 Å². The SMILES string of the molecule is CCc1ccccc1NC(=O)C1=CC(C(N)=O)([C@H](Cc2ccccc2)[C@@H](O)CNCc2cccc(C(F)(F)F)c2)NN1CC. The number of aliphatic hydroxyl groups excluding tert-OH is 1. The van der Waals surface area contributed by atoms with Gasteiger partial charge >= 0.3 is 6.18 Å². The topological polar surface area (TPSA) is 120 Å². The summed E-state index contributed by atoms with van der Waals surface area (Å²) in [7, 11) is 0. The van der Waals surface area contributed by atoms with Gasteiger partial charge in [-0.05, 0) is 54.7 Å². The number of nitrogens with one attached hydrogen (secondary N) is 3. The van der Waals surface area contributed by atoms with Gasteiger partial charge in [-0.3, -0.25) is 9.59 Å². The monoisotopic (exact) mass is 609 g/mol. The van der Waals surface area contributed by atoms with E-state index < -0.39 is 41.1 Å². The molecule has 8 nitrogen and oxygen atoms in total. The summed E-state index contributed by atoms with van der Waals surface area (Å²) in [4.78, 5) is 26.9. The zero-order valence-electron chi connectivity index (χ0n) is 24.7. The normalized spacial score (nSPS) is 18.0. The van der Waals surface area contributed by atoms with Crippen molar-refractivity contribution in [1.29, 1.82) is 0 Å². The van der Waals surface area contributed by atoms with Crippen LogP contribution in [0.2, 0.25) is 0 Å². The fourth-order valence-corrected chi connectivity index (χ4v) is 5.52. The summed E-state index contributed by atoms with van der Waals surface area (Å²) in [6.07, 6.45) is -3.27. The number of rotatable bonds is 13. The molecular weight excluding hydrogens is 571 g/mol. The first-order valence-electron chi connectivity index (χ1n) is 14.5. The number of primary amides is 1. The number of carbonyl (C=O) groups is 2. The van der Waals surface area contributed by atoms with Crippen LogP contribution in [0.5, 0.6) is 0 Å². The van der Waals surface area contributed by atoms with Gasteiger partial charge in [0.15, 0.2) is 0 Å². The standard InChI is InChI=1S/C33H38F3N5O3/c1-3-24-14-8-9-16-27(24)39-30(43)28-19-32(31(37)44,40-41(28)4-2)26(18-22-11-6-5-7-12-22)29(42)21-38-20-23-13-10-15-25(17-23)33(34,35)36/h5-17,19,26,29,38,40,42H,3-4,18,20-21H2,1-2H3,(H2,37,44)(H,39,43)/t26-,29+,32?/m1/s1. The van der Waals surface area contributed by atoms with Crippen molar-refractivity contribution in [1.82, 2.24) is 15.8 Å². The van der Waals surface area contributed by atoms with E-state index in [0.717, 1.165) is 23.3 Å². The van der Waals surface area contributed by atoms with Crippen LogP contribution >= 0.6 is 0 Å². The number of halogens is 3. The van der Waals surface area contributed by atoms with Crippen LogP contribution in [-0.2, 0) is 35.2 Å². The maximum atomic E-state index is 13.6. The van der Waals surface area contributed by atoms with Crippen LogP contribution in [-0.4, -0.2) is 46.7 Å². The highest BCUT2D eigenvalue weighted by molar-refractivity contribution is 6.05. The first-order chi connectivity index (χ1) is 21.0. The molecule has 0 spiro atoms. The molecule has 1 aliphatic heterocycles. The van der Waals surface area contributed by atoms with Gasteiger partial charge in [0.1, 0.15) is 11.2 Å². The highest BCUT2D eigenvalue weighted by Crippen LogP contribution is 2.34. The van der Waals surface area contributed by atoms with Gasteiger partial charge in [-0.25, -0.2) is 5.43 Å². The van der Waals surface area contributed by atoms with Crippen molar-refractivity contribution in [2.45, 2.75) is 51.1 Å². The molecule has 4 rings (SSSR count). The second-order valence-electron chi connectivity index (χ2n) is 10.8. The molecule has 3 atom stereocenters. The average Bonchev–Trinajstić information content (AvgIpc) is 3.42. The number of alkyl halides is 3. The molecule has 1 unspecified atom stereocenters.